The lowest BCUT2D eigenvalue weighted by molar-refractivity contribution is -0.121. The fourth-order valence-corrected chi connectivity index (χ4v) is 3.91. The predicted molar refractivity (Wildman–Crippen MR) is 122 cm³/mol. The number of carbonyl (C=O) groups is 1. The highest BCUT2D eigenvalue weighted by Gasteiger charge is 2.21. The van der Waals surface area contributed by atoms with E-state index in [1.165, 1.54) is 12.1 Å². The van der Waals surface area contributed by atoms with E-state index in [9.17, 15) is 14.0 Å². The van der Waals surface area contributed by atoms with E-state index in [1.807, 2.05) is 13.0 Å². The zero-order valence-electron chi connectivity index (χ0n) is 18.7. The standard InChI is InChI=1S/C26H26FNO4/c1-15-18(9-10-24(29)28-13-16-5-7-17(27)8-6-16)25(30)32-23-12-22-20(11-19(15)23)21(14-31-22)26(2,3)4/h5-8,11-12,14H,9-10,13H2,1-4H3,(H,28,29). The number of fused-ring (bicyclic) bond motifs is 2. The number of aryl methyl sites for hydroxylation is 1. The summed E-state index contributed by atoms with van der Waals surface area (Å²) in [5.74, 6) is -0.505. The molecule has 0 saturated heterocycles. The van der Waals surface area contributed by atoms with Crippen LogP contribution in [0.4, 0.5) is 4.39 Å². The summed E-state index contributed by atoms with van der Waals surface area (Å²) in [4.78, 5) is 24.9. The van der Waals surface area contributed by atoms with Crippen molar-refractivity contribution in [3.05, 3.63) is 81.2 Å². The second-order valence-corrected chi connectivity index (χ2v) is 9.14. The Bertz CT molecular complexity index is 1360. The van der Waals surface area contributed by atoms with Crippen molar-refractivity contribution >= 4 is 27.8 Å². The SMILES string of the molecule is Cc1c(CCC(=O)NCc2ccc(F)cc2)c(=O)oc2cc3occ(C(C)(C)C)c3cc12. The van der Waals surface area contributed by atoms with Gasteiger partial charge in [-0.05, 0) is 48.1 Å². The minimum Gasteiger partial charge on any atom is -0.464 e. The summed E-state index contributed by atoms with van der Waals surface area (Å²) in [6.45, 7) is 8.55. The quantitative estimate of drug-likeness (QED) is 0.418. The van der Waals surface area contributed by atoms with Crippen LogP contribution in [-0.2, 0) is 23.2 Å². The summed E-state index contributed by atoms with van der Waals surface area (Å²) in [6.07, 6.45) is 2.18. The van der Waals surface area contributed by atoms with Crippen LogP contribution in [0.5, 0.6) is 0 Å². The van der Waals surface area contributed by atoms with Crippen molar-refractivity contribution in [3.63, 3.8) is 0 Å². The molecular formula is C26H26FNO4. The molecule has 0 unspecified atom stereocenters. The van der Waals surface area contributed by atoms with E-state index in [1.54, 1.807) is 24.5 Å². The summed E-state index contributed by atoms with van der Waals surface area (Å²) in [7, 11) is 0. The number of carbonyl (C=O) groups excluding carboxylic acids is 1. The van der Waals surface area contributed by atoms with Gasteiger partial charge in [-0.1, -0.05) is 32.9 Å². The molecular weight excluding hydrogens is 409 g/mol. The van der Waals surface area contributed by atoms with Crippen LogP contribution in [0, 0.1) is 12.7 Å². The van der Waals surface area contributed by atoms with Crippen LogP contribution in [0.25, 0.3) is 21.9 Å². The lowest BCUT2D eigenvalue weighted by atomic mass is 9.86. The van der Waals surface area contributed by atoms with Gasteiger partial charge in [-0.2, -0.15) is 0 Å². The smallest absolute Gasteiger partial charge is 0.339 e. The molecule has 5 nitrogen and oxygen atoms in total. The van der Waals surface area contributed by atoms with Crippen LogP contribution in [0.15, 0.2) is 56.3 Å². The maximum absolute atomic E-state index is 13.0. The number of nitrogens with one attached hydrogen (secondary N) is 1. The Labute approximate surface area is 185 Å². The zero-order valence-corrected chi connectivity index (χ0v) is 18.7. The molecule has 2 aromatic heterocycles. The Morgan fingerprint density at radius 1 is 1.06 bits per heavy atom. The van der Waals surface area contributed by atoms with E-state index in [0.29, 0.717) is 23.3 Å². The van der Waals surface area contributed by atoms with Gasteiger partial charge in [0.1, 0.15) is 17.0 Å². The number of amides is 1. The van der Waals surface area contributed by atoms with Crippen LogP contribution in [-0.4, -0.2) is 5.91 Å². The van der Waals surface area contributed by atoms with Gasteiger partial charge >= 0.3 is 5.63 Å². The first-order valence-corrected chi connectivity index (χ1v) is 10.6. The second kappa shape index (κ2) is 8.26. The summed E-state index contributed by atoms with van der Waals surface area (Å²) in [5, 5.41) is 4.63. The van der Waals surface area contributed by atoms with Crippen molar-refractivity contribution < 1.29 is 18.0 Å². The number of rotatable bonds is 5. The van der Waals surface area contributed by atoms with Crippen molar-refractivity contribution in [2.24, 2.45) is 0 Å². The van der Waals surface area contributed by atoms with E-state index in [4.69, 9.17) is 8.83 Å². The Morgan fingerprint density at radius 2 is 1.78 bits per heavy atom. The maximum atomic E-state index is 13.0. The molecule has 0 fully saturated rings. The molecule has 32 heavy (non-hydrogen) atoms. The van der Waals surface area contributed by atoms with Crippen molar-refractivity contribution in [3.8, 4) is 0 Å². The van der Waals surface area contributed by atoms with Crippen molar-refractivity contribution in [1.82, 2.24) is 5.32 Å². The normalized spacial score (nSPS) is 11.9. The number of hydrogen-bond acceptors (Lipinski definition) is 4. The highest BCUT2D eigenvalue weighted by Crippen LogP contribution is 2.35. The minimum atomic E-state index is -0.441. The minimum absolute atomic E-state index is 0.0894. The van der Waals surface area contributed by atoms with E-state index < -0.39 is 5.63 Å². The first-order chi connectivity index (χ1) is 15.1. The highest BCUT2D eigenvalue weighted by atomic mass is 19.1. The Kier molecular flexibility index (Phi) is 5.63. The molecule has 0 bridgehead atoms. The summed E-state index contributed by atoms with van der Waals surface area (Å²) in [6, 6.07) is 9.72. The van der Waals surface area contributed by atoms with Crippen LogP contribution >= 0.6 is 0 Å². The van der Waals surface area contributed by atoms with Gasteiger partial charge in [-0.3, -0.25) is 4.79 Å². The van der Waals surface area contributed by atoms with Crippen LogP contribution in [0.2, 0.25) is 0 Å². The maximum Gasteiger partial charge on any atom is 0.339 e. The highest BCUT2D eigenvalue weighted by molar-refractivity contribution is 5.96. The molecule has 4 rings (SSSR count). The van der Waals surface area contributed by atoms with Gasteiger partial charge in [-0.15, -0.1) is 0 Å². The largest absolute Gasteiger partial charge is 0.464 e. The molecule has 0 spiro atoms. The van der Waals surface area contributed by atoms with Crippen LogP contribution in [0.1, 0.15) is 49.4 Å². The first kappa shape index (κ1) is 21.8. The third kappa shape index (κ3) is 4.31. The average molecular weight is 435 g/mol. The van der Waals surface area contributed by atoms with E-state index >= 15 is 0 Å². The summed E-state index contributed by atoms with van der Waals surface area (Å²) >= 11 is 0. The second-order valence-electron chi connectivity index (χ2n) is 9.14. The van der Waals surface area contributed by atoms with E-state index in [-0.39, 0.29) is 30.0 Å². The number of halogens is 1. The van der Waals surface area contributed by atoms with Gasteiger partial charge in [-0.25, -0.2) is 9.18 Å². The Morgan fingerprint density at radius 3 is 2.47 bits per heavy atom. The molecule has 0 aliphatic carbocycles. The monoisotopic (exact) mass is 435 g/mol. The molecule has 0 aliphatic rings. The van der Waals surface area contributed by atoms with E-state index in [2.05, 4.69) is 26.1 Å². The fourth-order valence-electron chi connectivity index (χ4n) is 3.91. The Hall–Kier alpha value is -3.41. The molecule has 4 aromatic rings. The number of benzene rings is 2. The number of furan rings is 1. The zero-order chi connectivity index (χ0) is 23.0. The third-order valence-corrected chi connectivity index (χ3v) is 5.79. The van der Waals surface area contributed by atoms with Gasteiger partial charge in [0, 0.05) is 40.9 Å². The first-order valence-electron chi connectivity index (χ1n) is 10.6. The average Bonchev–Trinajstić information content (AvgIpc) is 3.15. The molecule has 2 heterocycles. The molecule has 1 N–H and O–H groups in total. The molecule has 1 amide bonds. The molecule has 0 atom stereocenters. The van der Waals surface area contributed by atoms with Crippen molar-refractivity contribution in [2.75, 3.05) is 0 Å². The molecule has 0 saturated carbocycles. The van der Waals surface area contributed by atoms with Crippen molar-refractivity contribution in [2.45, 2.75) is 52.5 Å². The van der Waals surface area contributed by atoms with Crippen LogP contribution in [0.3, 0.4) is 0 Å². The topological polar surface area (TPSA) is 72.5 Å². The molecule has 2 aromatic carbocycles. The molecule has 0 radical (unpaired) electrons. The molecule has 6 heteroatoms. The van der Waals surface area contributed by atoms with Gasteiger partial charge in [0.2, 0.25) is 5.91 Å². The van der Waals surface area contributed by atoms with Crippen molar-refractivity contribution in [1.29, 1.82) is 0 Å². The summed E-state index contributed by atoms with van der Waals surface area (Å²) in [5.41, 5.74) is 3.82. The lowest BCUT2D eigenvalue weighted by Crippen LogP contribution is -2.24. The molecule has 166 valence electrons. The van der Waals surface area contributed by atoms with Gasteiger partial charge in [0.15, 0.2) is 0 Å². The number of hydrogen-bond donors (Lipinski definition) is 1. The molecule has 0 aliphatic heterocycles. The predicted octanol–water partition coefficient (Wildman–Crippen LogP) is 5.53. The van der Waals surface area contributed by atoms with Gasteiger partial charge in [0.25, 0.3) is 0 Å². The van der Waals surface area contributed by atoms with Gasteiger partial charge in [0.05, 0.1) is 6.26 Å². The fraction of sp³-hybridized carbons (Fsp3) is 0.308. The van der Waals surface area contributed by atoms with Gasteiger partial charge < -0.3 is 14.2 Å². The van der Waals surface area contributed by atoms with E-state index in [0.717, 1.165) is 27.5 Å². The summed E-state index contributed by atoms with van der Waals surface area (Å²) < 4.78 is 24.3. The third-order valence-electron chi connectivity index (χ3n) is 5.79. The lowest BCUT2D eigenvalue weighted by Gasteiger charge is -2.16. The van der Waals surface area contributed by atoms with Crippen LogP contribution < -0.4 is 10.9 Å². The Balaban J connectivity index is 1.56.